The van der Waals surface area contributed by atoms with Crippen molar-refractivity contribution >= 4 is 28.9 Å². The predicted octanol–water partition coefficient (Wildman–Crippen LogP) is 7.87. The molecule has 3 rings (SSSR count). The third kappa shape index (κ3) is 6.44. The van der Waals surface area contributed by atoms with Crippen LogP contribution in [0, 0.1) is 0 Å². The molecule has 0 heterocycles. The van der Waals surface area contributed by atoms with E-state index in [9.17, 15) is 0 Å². The Bertz CT molecular complexity index is 1050. The summed E-state index contributed by atoms with van der Waals surface area (Å²) in [5, 5.41) is 4.67. The van der Waals surface area contributed by atoms with E-state index in [0.717, 1.165) is 34.5 Å². The highest BCUT2D eigenvalue weighted by molar-refractivity contribution is 6.35. The van der Waals surface area contributed by atoms with E-state index in [1.807, 2.05) is 31.2 Å². The van der Waals surface area contributed by atoms with Gasteiger partial charge in [0.05, 0.1) is 6.61 Å². The number of aryl methyl sites for hydroxylation is 1. The maximum Gasteiger partial charge on any atom is 0.165 e. The fraction of sp³-hybridized carbons (Fsp3) is 0.259. The van der Waals surface area contributed by atoms with Crippen LogP contribution >= 0.6 is 23.2 Å². The molecular formula is C27H29Cl2NO2. The summed E-state index contributed by atoms with van der Waals surface area (Å²) in [6.45, 7) is 9.57. The standard InChI is InChI=1S/C27H29Cl2NO2/c1-4-7-21-14-20(17-30-24-12-8-19(5-2)9-13-24)15-26(31-6-3)27(21)32-18-22-10-11-23(28)16-25(22)29/h4,8-16,30H,1,5-7,17-18H2,2-3H3. The van der Waals surface area contributed by atoms with Gasteiger partial charge in [0.2, 0.25) is 0 Å². The Morgan fingerprint density at radius 2 is 1.69 bits per heavy atom. The second-order valence-electron chi connectivity index (χ2n) is 7.44. The van der Waals surface area contributed by atoms with Crippen LogP contribution in [-0.2, 0) is 26.0 Å². The van der Waals surface area contributed by atoms with Crippen LogP contribution < -0.4 is 14.8 Å². The van der Waals surface area contributed by atoms with E-state index in [4.69, 9.17) is 32.7 Å². The van der Waals surface area contributed by atoms with E-state index in [0.29, 0.717) is 42.0 Å². The third-order valence-electron chi connectivity index (χ3n) is 5.10. The highest BCUT2D eigenvalue weighted by Gasteiger charge is 2.14. The van der Waals surface area contributed by atoms with Crippen LogP contribution in [0.25, 0.3) is 0 Å². The summed E-state index contributed by atoms with van der Waals surface area (Å²) in [4.78, 5) is 0. The number of hydrogen-bond acceptors (Lipinski definition) is 3. The molecule has 0 aliphatic heterocycles. The van der Waals surface area contributed by atoms with Gasteiger partial charge in [-0.25, -0.2) is 0 Å². The molecule has 0 aliphatic carbocycles. The fourth-order valence-corrected chi connectivity index (χ4v) is 3.87. The molecule has 0 saturated heterocycles. The van der Waals surface area contributed by atoms with Crippen LogP contribution in [0.3, 0.4) is 0 Å². The largest absolute Gasteiger partial charge is 0.490 e. The second kappa shape index (κ2) is 11.8. The van der Waals surface area contributed by atoms with Crippen molar-refractivity contribution < 1.29 is 9.47 Å². The number of anilines is 1. The lowest BCUT2D eigenvalue weighted by Gasteiger charge is -2.18. The molecule has 168 valence electrons. The number of halogens is 2. The Balaban J connectivity index is 1.82. The van der Waals surface area contributed by atoms with E-state index >= 15 is 0 Å². The van der Waals surface area contributed by atoms with E-state index in [2.05, 4.69) is 49.2 Å². The number of hydrogen-bond donors (Lipinski definition) is 1. The van der Waals surface area contributed by atoms with Crippen molar-refractivity contribution in [3.63, 3.8) is 0 Å². The molecule has 0 amide bonds. The highest BCUT2D eigenvalue weighted by Crippen LogP contribution is 2.35. The van der Waals surface area contributed by atoms with Gasteiger partial charge in [-0.2, -0.15) is 0 Å². The summed E-state index contributed by atoms with van der Waals surface area (Å²) in [6.07, 6.45) is 3.57. The van der Waals surface area contributed by atoms with Gasteiger partial charge in [0, 0.05) is 33.4 Å². The van der Waals surface area contributed by atoms with Gasteiger partial charge in [-0.3, -0.25) is 0 Å². The van der Waals surface area contributed by atoms with Crippen LogP contribution in [0.5, 0.6) is 11.5 Å². The van der Waals surface area contributed by atoms with Crippen molar-refractivity contribution in [1.82, 2.24) is 0 Å². The molecule has 0 atom stereocenters. The van der Waals surface area contributed by atoms with Crippen molar-refractivity contribution in [1.29, 1.82) is 0 Å². The Kier molecular flexibility index (Phi) is 8.90. The Morgan fingerprint density at radius 3 is 2.34 bits per heavy atom. The average molecular weight is 470 g/mol. The summed E-state index contributed by atoms with van der Waals surface area (Å²) < 4.78 is 12.1. The fourth-order valence-electron chi connectivity index (χ4n) is 3.41. The van der Waals surface area contributed by atoms with Gasteiger partial charge in [-0.05, 0) is 67.3 Å². The molecule has 0 aliphatic rings. The quantitative estimate of drug-likeness (QED) is 0.289. The van der Waals surface area contributed by atoms with E-state index in [1.54, 1.807) is 6.07 Å². The minimum absolute atomic E-state index is 0.321. The first-order chi connectivity index (χ1) is 15.5. The van der Waals surface area contributed by atoms with Crippen LogP contribution in [0.4, 0.5) is 5.69 Å². The summed E-state index contributed by atoms with van der Waals surface area (Å²) in [7, 11) is 0. The average Bonchev–Trinajstić information content (AvgIpc) is 2.79. The molecule has 3 nitrogen and oxygen atoms in total. The Morgan fingerprint density at radius 1 is 0.906 bits per heavy atom. The Hall–Kier alpha value is -2.62. The van der Waals surface area contributed by atoms with Crippen molar-refractivity contribution in [2.45, 2.75) is 39.8 Å². The monoisotopic (exact) mass is 469 g/mol. The summed E-state index contributed by atoms with van der Waals surface area (Å²) in [6, 6.07) is 18.1. The molecule has 0 unspecified atom stereocenters. The van der Waals surface area contributed by atoms with Crippen LogP contribution in [0.2, 0.25) is 10.0 Å². The molecule has 0 spiro atoms. The Labute approximate surface area is 201 Å². The maximum atomic E-state index is 6.32. The third-order valence-corrected chi connectivity index (χ3v) is 5.69. The topological polar surface area (TPSA) is 30.5 Å². The minimum atomic E-state index is 0.321. The van der Waals surface area contributed by atoms with E-state index in [1.165, 1.54) is 5.56 Å². The number of nitrogens with one attached hydrogen (secondary N) is 1. The van der Waals surface area contributed by atoms with Gasteiger partial charge in [0.1, 0.15) is 6.61 Å². The second-order valence-corrected chi connectivity index (χ2v) is 8.28. The lowest BCUT2D eigenvalue weighted by molar-refractivity contribution is 0.267. The smallest absolute Gasteiger partial charge is 0.165 e. The zero-order valence-corrected chi connectivity index (χ0v) is 20.1. The van der Waals surface area contributed by atoms with Crippen molar-refractivity contribution in [2.24, 2.45) is 0 Å². The zero-order chi connectivity index (χ0) is 22.9. The van der Waals surface area contributed by atoms with E-state index < -0.39 is 0 Å². The molecule has 3 aromatic carbocycles. The molecular weight excluding hydrogens is 441 g/mol. The minimum Gasteiger partial charge on any atom is -0.490 e. The molecule has 3 aromatic rings. The lowest BCUT2D eigenvalue weighted by atomic mass is 10.0. The first-order valence-corrected chi connectivity index (χ1v) is 11.6. The van der Waals surface area contributed by atoms with Gasteiger partial charge in [-0.15, -0.1) is 6.58 Å². The molecule has 0 aromatic heterocycles. The molecule has 0 saturated carbocycles. The normalized spacial score (nSPS) is 10.6. The van der Waals surface area contributed by atoms with Crippen LogP contribution in [0.1, 0.15) is 36.1 Å². The molecule has 32 heavy (non-hydrogen) atoms. The molecule has 1 N–H and O–H groups in total. The van der Waals surface area contributed by atoms with Crippen LogP contribution in [0.15, 0.2) is 67.3 Å². The van der Waals surface area contributed by atoms with Crippen molar-refractivity contribution in [3.8, 4) is 11.5 Å². The predicted molar refractivity (Wildman–Crippen MR) is 135 cm³/mol. The van der Waals surface area contributed by atoms with E-state index in [-0.39, 0.29) is 0 Å². The number of ether oxygens (including phenoxy) is 2. The van der Waals surface area contributed by atoms with Gasteiger partial charge < -0.3 is 14.8 Å². The lowest BCUT2D eigenvalue weighted by Crippen LogP contribution is -2.06. The molecule has 5 heteroatoms. The molecule has 0 fully saturated rings. The van der Waals surface area contributed by atoms with Crippen LogP contribution in [-0.4, -0.2) is 6.61 Å². The first-order valence-electron chi connectivity index (χ1n) is 10.8. The summed E-state index contributed by atoms with van der Waals surface area (Å²) in [5.41, 5.74) is 5.41. The first kappa shape index (κ1) is 24.0. The van der Waals surface area contributed by atoms with Gasteiger partial charge in [0.25, 0.3) is 0 Å². The van der Waals surface area contributed by atoms with Crippen molar-refractivity contribution in [3.05, 3.63) is 99.6 Å². The van der Waals surface area contributed by atoms with Gasteiger partial charge >= 0.3 is 0 Å². The van der Waals surface area contributed by atoms with Gasteiger partial charge in [-0.1, -0.05) is 54.4 Å². The summed E-state index contributed by atoms with van der Waals surface area (Å²) >= 11 is 12.3. The SMILES string of the molecule is C=CCc1cc(CNc2ccc(CC)cc2)cc(OCC)c1OCc1ccc(Cl)cc1Cl. The molecule has 0 bridgehead atoms. The number of allylic oxidation sites excluding steroid dienone is 1. The number of benzene rings is 3. The maximum absolute atomic E-state index is 6.32. The number of rotatable bonds is 11. The zero-order valence-electron chi connectivity index (χ0n) is 18.6. The molecule has 0 radical (unpaired) electrons. The highest BCUT2D eigenvalue weighted by atomic mass is 35.5. The van der Waals surface area contributed by atoms with Crippen molar-refractivity contribution in [2.75, 3.05) is 11.9 Å². The summed E-state index contributed by atoms with van der Waals surface area (Å²) in [5.74, 6) is 1.43. The van der Waals surface area contributed by atoms with Gasteiger partial charge in [0.15, 0.2) is 11.5 Å².